The van der Waals surface area contributed by atoms with E-state index < -0.39 is 0 Å². The van der Waals surface area contributed by atoms with Crippen LogP contribution in [0.15, 0.2) is 34.9 Å². The fourth-order valence-electron chi connectivity index (χ4n) is 3.28. The first-order valence-corrected chi connectivity index (χ1v) is 9.27. The standard InChI is InChI=1S/C20H22N6O2/c1-20(2)15(9-16(20)27)25-18-12(10-21)11-23-19(26-18)22-8-7-17-24-13-5-3-4-6-14(13)28-17/h3-6,11,15-16,27H,7-9H2,1-2H3,(H2,22,23,25,26)/t15-,16+/m1/s1. The third kappa shape index (κ3) is 3.37. The summed E-state index contributed by atoms with van der Waals surface area (Å²) in [6, 6.07) is 9.80. The Labute approximate surface area is 162 Å². The van der Waals surface area contributed by atoms with E-state index in [1.807, 2.05) is 38.1 Å². The Hall–Kier alpha value is -3.18. The number of nitrogens with zero attached hydrogens (tertiary/aromatic N) is 4. The van der Waals surface area contributed by atoms with Crippen LogP contribution in [0.4, 0.5) is 11.8 Å². The van der Waals surface area contributed by atoms with Crippen LogP contribution in [0.2, 0.25) is 0 Å². The minimum atomic E-state index is -0.355. The summed E-state index contributed by atoms with van der Waals surface area (Å²) in [7, 11) is 0. The van der Waals surface area contributed by atoms with Gasteiger partial charge in [-0.3, -0.25) is 0 Å². The van der Waals surface area contributed by atoms with Gasteiger partial charge in [0.1, 0.15) is 23.0 Å². The smallest absolute Gasteiger partial charge is 0.224 e. The number of hydrogen-bond acceptors (Lipinski definition) is 8. The number of oxazole rings is 1. The second-order valence-corrected chi connectivity index (χ2v) is 7.59. The molecule has 3 aromatic rings. The van der Waals surface area contributed by atoms with E-state index in [1.54, 1.807) is 0 Å². The Balaban J connectivity index is 1.41. The van der Waals surface area contributed by atoms with Crippen molar-refractivity contribution >= 4 is 22.9 Å². The lowest BCUT2D eigenvalue weighted by atomic mass is 9.64. The fraction of sp³-hybridized carbons (Fsp3) is 0.400. The van der Waals surface area contributed by atoms with E-state index in [2.05, 4.69) is 31.7 Å². The molecule has 144 valence electrons. The summed E-state index contributed by atoms with van der Waals surface area (Å²) in [4.78, 5) is 13.1. The molecule has 8 nitrogen and oxygen atoms in total. The molecule has 1 saturated carbocycles. The number of hydrogen-bond donors (Lipinski definition) is 3. The van der Waals surface area contributed by atoms with Crippen LogP contribution in [-0.4, -0.2) is 38.7 Å². The molecule has 28 heavy (non-hydrogen) atoms. The monoisotopic (exact) mass is 378 g/mol. The van der Waals surface area contributed by atoms with Crippen molar-refractivity contribution < 1.29 is 9.52 Å². The van der Waals surface area contributed by atoms with Crippen molar-refractivity contribution in [2.24, 2.45) is 5.41 Å². The third-order valence-electron chi connectivity index (χ3n) is 5.40. The first kappa shape index (κ1) is 18.2. The Bertz CT molecular complexity index is 1010. The quantitative estimate of drug-likeness (QED) is 0.599. The molecule has 0 bridgehead atoms. The van der Waals surface area contributed by atoms with Crippen molar-refractivity contribution in [3.8, 4) is 6.07 Å². The maximum Gasteiger partial charge on any atom is 0.224 e. The maximum absolute atomic E-state index is 9.92. The minimum absolute atomic E-state index is 0.0529. The van der Waals surface area contributed by atoms with Crippen molar-refractivity contribution in [2.75, 3.05) is 17.2 Å². The molecule has 0 saturated heterocycles. The molecule has 2 aromatic heterocycles. The molecule has 1 aliphatic rings. The SMILES string of the molecule is CC1(C)[C@@H](O)C[C@H]1Nc1nc(NCCc2nc3ccccc3o2)ncc1C#N. The average Bonchev–Trinajstić information content (AvgIpc) is 3.11. The number of nitrogens with one attached hydrogen (secondary N) is 2. The van der Waals surface area contributed by atoms with Crippen LogP contribution >= 0.6 is 0 Å². The number of benzene rings is 1. The fourth-order valence-corrected chi connectivity index (χ4v) is 3.28. The minimum Gasteiger partial charge on any atom is -0.441 e. The Morgan fingerprint density at radius 1 is 1.32 bits per heavy atom. The Kier molecular flexibility index (Phi) is 4.61. The van der Waals surface area contributed by atoms with Crippen molar-refractivity contribution in [3.05, 3.63) is 41.9 Å². The summed E-state index contributed by atoms with van der Waals surface area (Å²) in [6.45, 7) is 4.53. The highest BCUT2D eigenvalue weighted by Gasteiger charge is 2.47. The van der Waals surface area contributed by atoms with Gasteiger partial charge in [0, 0.05) is 24.4 Å². The van der Waals surface area contributed by atoms with Gasteiger partial charge in [-0.25, -0.2) is 9.97 Å². The molecule has 2 atom stereocenters. The zero-order valence-electron chi connectivity index (χ0n) is 15.8. The molecule has 0 spiro atoms. The van der Waals surface area contributed by atoms with Crippen LogP contribution in [0, 0.1) is 16.7 Å². The topological polar surface area (TPSA) is 120 Å². The third-order valence-corrected chi connectivity index (χ3v) is 5.40. The molecule has 1 fully saturated rings. The summed E-state index contributed by atoms with van der Waals surface area (Å²) >= 11 is 0. The summed E-state index contributed by atoms with van der Waals surface area (Å²) in [6.07, 6.45) is 2.36. The number of rotatable bonds is 6. The van der Waals surface area contributed by atoms with Gasteiger partial charge >= 0.3 is 0 Å². The number of aliphatic hydroxyl groups is 1. The van der Waals surface area contributed by atoms with Gasteiger partial charge < -0.3 is 20.2 Å². The highest BCUT2D eigenvalue weighted by Crippen LogP contribution is 2.42. The van der Waals surface area contributed by atoms with Gasteiger partial charge in [0.2, 0.25) is 5.95 Å². The number of nitriles is 1. The van der Waals surface area contributed by atoms with Gasteiger partial charge in [-0.1, -0.05) is 26.0 Å². The summed E-state index contributed by atoms with van der Waals surface area (Å²) in [5.74, 6) is 1.55. The lowest BCUT2D eigenvalue weighted by Crippen LogP contribution is -2.57. The number of fused-ring (bicyclic) bond motifs is 1. The van der Waals surface area contributed by atoms with E-state index in [1.165, 1.54) is 6.20 Å². The Morgan fingerprint density at radius 2 is 2.14 bits per heavy atom. The van der Waals surface area contributed by atoms with Gasteiger partial charge in [-0.05, 0) is 18.6 Å². The predicted octanol–water partition coefficient (Wildman–Crippen LogP) is 2.72. The summed E-state index contributed by atoms with van der Waals surface area (Å²) in [5.41, 5.74) is 1.72. The molecular weight excluding hydrogens is 356 g/mol. The van der Waals surface area contributed by atoms with Gasteiger partial charge in [0.25, 0.3) is 0 Å². The van der Waals surface area contributed by atoms with Crippen LogP contribution < -0.4 is 10.6 Å². The molecular formula is C20H22N6O2. The first-order chi connectivity index (χ1) is 13.5. The second-order valence-electron chi connectivity index (χ2n) is 7.59. The molecule has 1 aliphatic carbocycles. The Morgan fingerprint density at radius 3 is 2.86 bits per heavy atom. The van der Waals surface area contributed by atoms with Gasteiger partial charge in [0.15, 0.2) is 11.5 Å². The van der Waals surface area contributed by atoms with E-state index in [0.717, 1.165) is 11.1 Å². The van der Waals surface area contributed by atoms with E-state index >= 15 is 0 Å². The molecule has 0 aliphatic heterocycles. The molecule has 1 aromatic carbocycles. The van der Waals surface area contributed by atoms with E-state index in [0.29, 0.717) is 42.6 Å². The second kappa shape index (κ2) is 7.09. The molecule has 2 heterocycles. The normalized spacial score (nSPS) is 20.4. The van der Waals surface area contributed by atoms with E-state index in [4.69, 9.17) is 4.42 Å². The lowest BCUT2D eigenvalue weighted by Gasteiger charge is -2.49. The highest BCUT2D eigenvalue weighted by atomic mass is 16.3. The summed E-state index contributed by atoms with van der Waals surface area (Å²) < 4.78 is 5.70. The zero-order valence-corrected chi connectivity index (χ0v) is 15.8. The molecule has 3 N–H and O–H groups in total. The van der Waals surface area contributed by atoms with Crippen molar-refractivity contribution in [3.63, 3.8) is 0 Å². The van der Waals surface area contributed by atoms with Crippen LogP contribution in [0.3, 0.4) is 0 Å². The predicted molar refractivity (Wildman–Crippen MR) is 105 cm³/mol. The zero-order chi connectivity index (χ0) is 19.7. The van der Waals surface area contributed by atoms with Gasteiger partial charge in [-0.15, -0.1) is 0 Å². The average molecular weight is 378 g/mol. The number of para-hydroxylation sites is 2. The first-order valence-electron chi connectivity index (χ1n) is 9.27. The number of aromatic nitrogens is 3. The lowest BCUT2D eigenvalue weighted by molar-refractivity contribution is -0.0511. The van der Waals surface area contributed by atoms with E-state index in [9.17, 15) is 10.4 Å². The highest BCUT2D eigenvalue weighted by molar-refractivity contribution is 5.72. The maximum atomic E-state index is 9.92. The largest absolute Gasteiger partial charge is 0.441 e. The molecule has 8 heteroatoms. The van der Waals surface area contributed by atoms with Gasteiger partial charge in [0.05, 0.1) is 12.3 Å². The van der Waals surface area contributed by atoms with Crippen molar-refractivity contribution in [2.45, 2.75) is 38.8 Å². The molecule has 0 radical (unpaired) electrons. The van der Waals surface area contributed by atoms with Crippen molar-refractivity contribution in [1.29, 1.82) is 5.26 Å². The van der Waals surface area contributed by atoms with E-state index in [-0.39, 0.29) is 17.6 Å². The van der Waals surface area contributed by atoms with Crippen LogP contribution in [0.1, 0.15) is 31.7 Å². The molecule has 0 amide bonds. The van der Waals surface area contributed by atoms with Gasteiger partial charge in [-0.2, -0.15) is 10.2 Å². The number of aliphatic hydroxyl groups excluding tert-OH is 1. The number of anilines is 2. The van der Waals surface area contributed by atoms with Crippen LogP contribution in [0.5, 0.6) is 0 Å². The van der Waals surface area contributed by atoms with Crippen LogP contribution in [0.25, 0.3) is 11.1 Å². The summed E-state index contributed by atoms with van der Waals surface area (Å²) in [5, 5.41) is 25.7. The molecule has 0 unspecified atom stereocenters. The molecule has 4 rings (SSSR count). The van der Waals surface area contributed by atoms with Crippen molar-refractivity contribution in [1.82, 2.24) is 15.0 Å². The van der Waals surface area contributed by atoms with Crippen LogP contribution in [-0.2, 0) is 6.42 Å².